The first-order valence-electron chi connectivity index (χ1n) is 9.84. The van der Waals surface area contributed by atoms with E-state index in [0.717, 1.165) is 11.3 Å². The fourth-order valence-electron chi connectivity index (χ4n) is 3.67. The number of para-hydroxylation sites is 1. The Hall–Kier alpha value is -2.89. The third kappa shape index (κ3) is 4.18. The number of nitrogens with zero attached hydrogens (tertiary/aromatic N) is 1. The quantitative estimate of drug-likeness (QED) is 0.543. The molecule has 4 nitrogen and oxygen atoms in total. The molecule has 0 spiro atoms. The van der Waals surface area contributed by atoms with Crippen LogP contribution in [-0.4, -0.2) is 17.4 Å². The average Bonchev–Trinajstić information content (AvgIpc) is 2.76. The topological polar surface area (TPSA) is 53.8 Å². The second kappa shape index (κ2) is 8.86. The number of ether oxygens (including phenoxy) is 1. The second-order valence-corrected chi connectivity index (χ2v) is 7.49. The number of phenolic OH excluding ortho intramolecular Hbond substituents is 1. The smallest absolute Gasteiger partial charge is 0.162 e. The molecule has 1 aliphatic heterocycles. The Morgan fingerprint density at radius 2 is 1.80 bits per heavy atom. The Balaban J connectivity index is 1.77. The number of rotatable bonds is 5. The lowest BCUT2D eigenvalue weighted by Gasteiger charge is -2.31. The molecule has 0 saturated heterocycles. The van der Waals surface area contributed by atoms with Gasteiger partial charge in [-0.25, -0.2) is 4.39 Å². The summed E-state index contributed by atoms with van der Waals surface area (Å²) >= 11 is 6.04. The van der Waals surface area contributed by atoms with Crippen molar-refractivity contribution in [2.24, 2.45) is 4.99 Å². The molecule has 2 atom stereocenters. The van der Waals surface area contributed by atoms with Crippen molar-refractivity contribution in [1.29, 1.82) is 0 Å². The molecule has 1 heterocycles. The molecule has 0 bridgehead atoms. The first-order chi connectivity index (χ1) is 14.6. The third-order valence-electron chi connectivity index (χ3n) is 5.12. The Kier molecular flexibility index (Phi) is 6.02. The minimum absolute atomic E-state index is 0.0847. The molecule has 1 aliphatic rings. The molecule has 2 N–H and O–H groups in total. The largest absolute Gasteiger partial charge is 0.504 e. The van der Waals surface area contributed by atoms with Crippen LogP contribution in [0.15, 0.2) is 71.7 Å². The summed E-state index contributed by atoms with van der Waals surface area (Å²) < 4.78 is 20.1. The van der Waals surface area contributed by atoms with E-state index in [1.54, 1.807) is 24.3 Å². The first kappa shape index (κ1) is 20.4. The summed E-state index contributed by atoms with van der Waals surface area (Å²) in [5, 5.41) is 14.8. The molecule has 0 aliphatic carbocycles. The predicted octanol–water partition coefficient (Wildman–Crippen LogP) is 5.81. The van der Waals surface area contributed by atoms with E-state index in [-0.39, 0.29) is 17.6 Å². The number of aromatic hydroxyl groups is 1. The van der Waals surface area contributed by atoms with Gasteiger partial charge in [0, 0.05) is 34.3 Å². The summed E-state index contributed by atoms with van der Waals surface area (Å²) in [5.41, 5.74) is 2.86. The van der Waals surface area contributed by atoms with Crippen molar-refractivity contribution in [2.45, 2.75) is 25.6 Å². The summed E-state index contributed by atoms with van der Waals surface area (Å²) in [4.78, 5) is 4.79. The number of halogens is 2. The van der Waals surface area contributed by atoms with E-state index >= 15 is 0 Å². The van der Waals surface area contributed by atoms with E-state index in [0.29, 0.717) is 34.9 Å². The van der Waals surface area contributed by atoms with E-state index < -0.39 is 6.17 Å². The van der Waals surface area contributed by atoms with Crippen LogP contribution in [0.25, 0.3) is 0 Å². The van der Waals surface area contributed by atoms with Gasteiger partial charge < -0.3 is 9.84 Å². The van der Waals surface area contributed by atoms with Gasteiger partial charge in [0.25, 0.3) is 0 Å². The molecule has 154 valence electrons. The lowest BCUT2D eigenvalue weighted by atomic mass is 9.93. The molecule has 0 radical (unpaired) electrons. The standard InChI is InChI=1S/C24H22ClFN2O2/c1-2-30-22-9-5-7-18(23(22)29)21-14-20(15-10-12-16(25)13-11-15)27-24(28-21)17-6-3-4-8-19(17)26/h3-13,21,24,28-29H,2,14H2,1H3/t21-,24+/m1/s1. The highest BCUT2D eigenvalue weighted by Crippen LogP contribution is 2.39. The maximum atomic E-state index is 14.5. The van der Waals surface area contributed by atoms with Gasteiger partial charge in [0.15, 0.2) is 11.5 Å². The van der Waals surface area contributed by atoms with Gasteiger partial charge in [0.05, 0.1) is 6.61 Å². The van der Waals surface area contributed by atoms with Crippen LogP contribution in [0.1, 0.15) is 42.2 Å². The van der Waals surface area contributed by atoms with Crippen LogP contribution >= 0.6 is 11.6 Å². The van der Waals surface area contributed by atoms with Crippen LogP contribution in [0.5, 0.6) is 11.5 Å². The van der Waals surface area contributed by atoms with Crippen molar-refractivity contribution in [3.05, 3.63) is 94.3 Å². The third-order valence-corrected chi connectivity index (χ3v) is 5.38. The van der Waals surface area contributed by atoms with Crippen LogP contribution in [0.2, 0.25) is 5.02 Å². The first-order valence-corrected chi connectivity index (χ1v) is 10.2. The van der Waals surface area contributed by atoms with Crippen LogP contribution < -0.4 is 10.1 Å². The van der Waals surface area contributed by atoms with Gasteiger partial charge in [-0.3, -0.25) is 10.3 Å². The summed E-state index contributed by atoms with van der Waals surface area (Å²) in [5.74, 6) is 0.179. The molecular formula is C24H22ClFN2O2. The zero-order valence-electron chi connectivity index (χ0n) is 16.5. The van der Waals surface area contributed by atoms with Crippen molar-refractivity contribution >= 4 is 17.3 Å². The van der Waals surface area contributed by atoms with Crippen molar-refractivity contribution in [1.82, 2.24) is 5.32 Å². The normalized spacial score (nSPS) is 18.7. The van der Waals surface area contributed by atoms with Crippen molar-refractivity contribution < 1.29 is 14.2 Å². The van der Waals surface area contributed by atoms with E-state index in [9.17, 15) is 9.50 Å². The number of benzene rings is 3. The number of phenols is 1. The average molecular weight is 425 g/mol. The van der Waals surface area contributed by atoms with Gasteiger partial charge in [-0.05, 0) is 36.8 Å². The highest BCUT2D eigenvalue weighted by molar-refractivity contribution is 6.30. The molecule has 0 aromatic heterocycles. The van der Waals surface area contributed by atoms with Crippen LogP contribution in [0.4, 0.5) is 4.39 Å². The van der Waals surface area contributed by atoms with E-state index in [2.05, 4.69) is 5.32 Å². The molecule has 4 rings (SSSR count). The summed E-state index contributed by atoms with van der Waals surface area (Å²) in [6.45, 7) is 2.31. The minimum Gasteiger partial charge on any atom is -0.504 e. The van der Waals surface area contributed by atoms with E-state index in [4.69, 9.17) is 21.3 Å². The lowest BCUT2D eigenvalue weighted by Crippen LogP contribution is -2.33. The highest BCUT2D eigenvalue weighted by Gasteiger charge is 2.29. The fourth-order valence-corrected chi connectivity index (χ4v) is 3.80. The van der Waals surface area contributed by atoms with Gasteiger partial charge in [-0.1, -0.05) is 54.1 Å². The Morgan fingerprint density at radius 1 is 1.07 bits per heavy atom. The number of hydrogen-bond donors (Lipinski definition) is 2. The second-order valence-electron chi connectivity index (χ2n) is 7.06. The number of aliphatic imine (C=N–C) groups is 1. The van der Waals surface area contributed by atoms with Crippen molar-refractivity contribution in [3.8, 4) is 11.5 Å². The van der Waals surface area contributed by atoms with Gasteiger partial charge in [-0.2, -0.15) is 0 Å². The molecule has 0 saturated carbocycles. The highest BCUT2D eigenvalue weighted by atomic mass is 35.5. The fraction of sp³-hybridized carbons (Fsp3) is 0.208. The molecular weight excluding hydrogens is 403 g/mol. The lowest BCUT2D eigenvalue weighted by molar-refractivity contribution is 0.313. The molecule has 0 unspecified atom stereocenters. The minimum atomic E-state index is -0.592. The summed E-state index contributed by atoms with van der Waals surface area (Å²) in [6.07, 6.45) is -0.0683. The van der Waals surface area contributed by atoms with Crippen LogP contribution in [0.3, 0.4) is 0 Å². The Bertz CT molecular complexity index is 1070. The summed E-state index contributed by atoms with van der Waals surface area (Å²) in [6, 6.07) is 19.1. The molecule has 6 heteroatoms. The van der Waals surface area contributed by atoms with Gasteiger partial charge >= 0.3 is 0 Å². The molecule has 3 aromatic carbocycles. The van der Waals surface area contributed by atoms with E-state index in [1.165, 1.54) is 6.07 Å². The molecule has 0 amide bonds. The number of nitrogens with one attached hydrogen (secondary N) is 1. The van der Waals surface area contributed by atoms with E-state index in [1.807, 2.05) is 43.3 Å². The van der Waals surface area contributed by atoms with Gasteiger partial charge in [-0.15, -0.1) is 0 Å². The van der Waals surface area contributed by atoms with Gasteiger partial charge in [0.2, 0.25) is 0 Å². The summed E-state index contributed by atoms with van der Waals surface area (Å²) in [7, 11) is 0. The Labute approximate surface area is 180 Å². The molecule has 3 aromatic rings. The zero-order chi connectivity index (χ0) is 21.1. The van der Waals surface area contributed by atoms with Crippen LogP contribution in [0, 0.1) is 5.82 Å². The van der Waals surface area contributed by atoms with Crippen molar-refractivity contribution in [2.75, 3.05) is 6.61 Å². The van der Waals surface area contributed by atoms with Gasteiger partial charge in [0.1, 0.15) is 12.0 Å². The van der Waals surface area contributed by atoms with Crippen LogP contribution in [-0.2, 0) is 0 Å². The molecule has 30 heavy (non-hydrogen) atoms. The Morgan fingerprint density at radius 3 is 2.53 bits per heavy atom. The zero-order valence-corrected chi connectivity index (χ0v) is 17.2. The monoisotopic (exact) mass is 424 g/mol. The van der Waals surface area contributed by atoms with Crippen molar-refractivity contribution in [3.63, 3.8) is 0 Å². The predicted molar refractivity (Wildman–Crippen MR) is 117 cm³/mol. The SMILES string of the molecule is CCOc1cccc([C@H]2CC(c3ccc(Cl)cc3)=N[C@H](c3ccccc3F)N2)c1O. The maximum Gasteiger partial charge on any atom is 0.162 e. The molecule has 0 fully saturated rings. The number of hydrogen-bond acceptors (Lipinski definition) is 4. The maximum absolute atomic E-state index is 14.5.